The third kappa shape index (κ3) is 5.32. The molecule has 1 amide bonds. The molecule has 1 N–H and O–H groups in total. The van der Waals surface area contributed by atoms with Gasteiger partial charge in [0, 0.05) is 34.7 Å². The average molecular weight is 473 g/mol. The van der Waals surface area contributed by atoms with E-state index >= 15 is 0 Å². The minimum absolute atomic E-state index is 0.122. The topological polar surface area (TPSA) is 69.0 Å². The lowest BCUT2D eigenvalue weighted by Crippen LogP contribution is -2.20. The highest BCUT2D eigenvalue weighted by atomic mass is 35.5. The van der Waals surface area contributed by atoms with Gasteiger partial charge < -0.3 is 10.1 Å². The normalized spacial score (nSPS) is 11.3. The first kappa shape index (κ1) is 22.3. The van der Waals surface area contributed by atoms with E-state index in [1.165, 1.54) is 30.3 Å². The monoisotopic (exact) mass is 472 g/mol. The molecule has 0 saturated carbocycles. The van der Waals surface area contributed by atoms with E-state index < -0.39 is 23.3 Å². The number of alkyl halides is 3. The van der Waals surface area contributed by atoms with Gasteiger partial charge in [-0.25, -0.2) is 4.68 Å². The van der Waals surface area contributed by atoms with Crippen molar-refractivity contribution in [3.63, 3.8) is 0 Å². The van der Waals surface area contributed by atoms with Crippen LogP contribution in [-0.2, 0) is 12.8 Å². The molecule has 2 heterocycles. The van der Waals surface area contributed by atoms with E-state index in [9.17, 15) is 18.0 Å². The predicted octanol–water partition coefficient (Wildman–Crippen LogP) is 5.77. The van der Waals surface area contributed by atoms with Crippen LogP contribution in [0.25, 0.3) is 5.69 Å². The third-order valence-corrected chi connectivity index (χ3v) is 4.83. The van der Waals surface area contributed by atoms with Crippen molar-refractivity contribution in [2.24, 2.45) is 0 Å². The molecule has 2 aromatic heterocycles. The Morgan fingerprint density at radius 1 is 1.06 bits per heavy atom. The van der Waals surface area contributed by atoms with Crippen LogP contribution in [0.2, 0.25) is 5.02 Å². The molecule has 4 rings (SSSR count). The zero-order chi connectivity index (χ0) is 23.4. The maximum absolute atomic E-state index is 13.8. The molecule has 0 aliphatic heterocycles. The van der Waals surface area contributed by atoms with Crippen molar-refractivity contribution in [1.82, 2.24) is 14.8 Å². The molecule has 4 aromatic rings. The van der Waals surface area contributed by atoms with Crippen LogP contribution in [-0.4, -0.2) is 20.7 Å². The van der Waals surface area contributed by atoms with Crippen molar-refractivity contribution in [3.05, 3.63) is 101 Å². The molecule has 0 spiro atoms. The summed E-state index contributed by atoms with van der Waals surface area (Å²) in [5.74, 6) is -0.517. The van der Waals surface area contributed by atoms with Crippen molar-refractivity contribution in [1.29, 1.82) is 0 Å². The number of nitrogens with one attached hydrogen (secondary N) is 1. The average Bonchev–Trinajstić information content (AvgIpc) is 3.25. The summed E-state index contributed by atoms with van der Waals surface area (Å²) >= 11 is 5.82. The van der Waals surface area contributed by atoms with Gasteiger partial charge in [0.25, 0.3) is 5.91 Å². The Bertz CT molecular complexity index is 1260. The van der Waals surface area contributed by atoms with Crippen molar-refractivity contribution in [2.75, 3.05) is 5.32 Å². The number of amides is 1. The fraction of sp³-hybridized carbons (Fsp3) is 0.0870. The molecule has 168 valence electrons. The summed E-state index contributed by atoms with van der Waals surface area (Å²) in [6, 6.07) is 15.6. The zero-order valence-electron chi connectivity index (χ0n) is 16.9. The number of pyridine rings is 1. The van der Waals surface area contributed by atoms with Crippen LogP contribution in [0.3, 0.4) is 0 Å². The van der Waals surface area contributed by atoms with Crippen molar-refractivity contribution < 1.29 is 22.7 Å². The summed E-state index contributed by atoms with van der Waals surface area (Å²) in [4.78, 5) is 16.7. The molecule has 2 aromatic carbocycles. The highest BCUT2D eigenvalue weighted by Gasteiger charge is 2.40. The summed E-state index contributed by atoms with van der Waals surface area (Å²) in [5.41, 5.74) is -0.561. The van der Waals surface area contributed by atoms with Gasteiger partial charge in [-0.1, -0.05) is 23.7 Å². The van der Waals surface area contributed by atoms with Crippen molar-refractivity contribution in [2.45, 2.75) is 12.8 Å². The number of hydrogen-bond acceptors (Lipinski definition) is 4. The Morgan fingerprint density at radius 2 is 1.85 bits per heavy atom. The molecule has 6 nitrogen and oxygen atoms in total. The van der Waals surface area contributed by atoms with Gasteiger partial charge in [0.2, 0.25) is 0 Å². The van der Waals surface area contributed by atoms with E-state index in [0.717, 1.165) is 11.8 Å². The second kappa shape index (κ2) is 9.33. The fourth-order valence-corrected chi connectivity index (χ4v) is 3.20. The molecule has 0 aliphatic rings. The minimum atomic E-state index is -4.82. The second-order valence-corrected chi connectivity index (χ2v) is 7.36. The minimum Gasteiger partial charge on any atom is -0.489 e. The quantitative estimate of drug-likeness (QED) is 0.387. The van der Waals surface area contributed by atoms with Crippen LogP contribution >= 0.6 is 11.6 Å². The molecular formula is C23H16ClF3N4O2. The van der Waals surface area contributed by atoms with E-state index in [1.54, 1.807) is 36.7 Å². The van der Waals surface area contributed by atoms with Crippen LogP contribution in [0.4, 0.5) is 18.9 Å². The standard InChI is InChI=1S/C23H16ClF3N4O2/c24-16-6-8-18(9-7-16)31-21(23(25,26)27)20(13-29-31)22(32)30-17-4-1-5-19(11-17)33-14-15-3-2-10-28-12-15/h1-13H,14H2,(H,30,32). The molecule has 0 atom stereocenters. The first-order valence-corrected chi connectivity index (χ1v) is 10.0. The molecule has 0 radical (unpaired) electrons. The number of anilines is 1. The lowest BCUT2D eigenvalue weighted by Gasteiger charge is -2.13. The molecule has 10 heteroatoms. The van der Waals surface area contributed by atoms with E-state index in [4.69, 9.17) is 16.3 Å². The Kier molecular flexibility index (Phi) is 6.32. The SMILES string of the molecule is O=C(Nc1cccc(OCc2cccnc2)c1)c1cnn(-c2ccc(Cl)cc2)c1C(F)(F)F. The van der Waals surface area contributed by atoms with Gasteiger partial charge in [0.05, 0.1) is 17.4 Å². The molecule has 0 aliphatic carbocycles. The molecular weight excluding hydrogens is 457 g/mol. The highest BCUT2D eigenvalue weighted by Crippen LogP contribution is 2.34. The number of aromatic nitrogens is 3. The van der Waals surface area contributed by atoms with Crippen molar-refractivity contribution in [3.8, 4) is 11.4 Å². The number of rotatable bonds is 6. The second-order valence-electron chi connectivity index (χ2n) is 6.92. The fourth-order valence-electron chi connectivity index (χ4n) is 3.08. The molecule has 0 unspecified atom stereocenters. The lowest BCUT2D eigenvalue weighted by molar-refractivity contribution is -0.143. The Labute approximate surface area is 191 Å². The molecule has 0 saturated heterocycles. The first-order chi connectivity index (χ1) is 15.8. The van der Waals surface area contributed by atoms with Gasteiger partial charge in [0.1, 0.15) is 12.4 Å². The Morgan fingerprint density at radius 3 is 2.55 bits per heavy atom. The third-order valence-electron chi connectivity index (χ3n) is 4.57. The smallest absolute Gasteiger partial charge is 0.434 e. The van der Waals surface area contributed by atoms with Crippen LogP contribution < -0.4 is 10.1 Å². The molecule has 0 bridgehead atoms. The van der Waals surface area contributed by atoms with Gasteiger partial charge in [-0.05, 0) is 42.5 Å². The highest BCUT2D eigenvalue weighted by molar-refractivity contribution is 6.30. The van der Waals surface area contributed by atoms with E-state index in [-0.39, 0.29) is 18.0 Å². The van der Waals surface area contributed by atoms with Gasteiger partial charge in [-0.15, -0.1) is 0 Å². The van der Waals surface area contributed by atoms with Crippen LogP contribution in [0.5, 0.6) is 5.75 Å². The Balaban J connectivity index is 1.56. The summed E-state index contributed by atoms with van der Waals surface area (Å²) in [5, 5.41) is 6.63. The zero-order valence-corrected chi connectivity index (χ0v) is 17.6. The van der Waals surface area contributed by atoms with Gasteiger partial charge in [-0.2, -0.15) is 18.3 Å². The predicted molar refractivity (Wildman–Crippen MR) is 117 cm³/mol. The largest absolute Gasteiger partial charge is 0.489 e. The van der Waals surface area contributed by atoms with Crippen LogP contribution in [0, 0.1) is 0 Å². The number of halogens is 4. The molecule has 33 heavy (non-hydrogen) atoms. The first-order valence-electron chi connectivity index (χ1n) is 9.65. The maximum atomic E-state index is 13.8. The van der Waals surface area contributed by atoms with Crippen molar-refractivity contribution >= 4 is 23.2 Å². The van der Waals surface area contributed by atoms with Gasteiger partial charge in [-0.3, -0.25) is 9.78 Å². The van der Waals surface area contributed by atoms with E-state index in [2.05, 4.69) is 15.4 Å². The van der Waals surface area contributed by atoms with E-state index in [0.29, 0.717) is 15.5 Å². The lowest BCUT2D eigenvalue weighted by atomic mass is 10.2. The summed E-state index contributed by atoms with van der Waals surface area (Å²) in [6.07, 6.45) is -0.639. The van der Waals surface area contributed by atoms with E-state index in [1.807, 2.05) is 6.07 Å². The number of carbonyl (C=O) groups excluding carboxylic acids is 1. The summed E-state index contributed by atoms with van der Waals surface area (Å²) < 4.78 is 47.9. The molecule has 0 fully saturated rings. The maximum Gasteiger partial charge on any atom is 0.434 e. The summed E-state index contributed by atoms with van der Waals surface area (Å²) in [6.45, 7) is 0.247. The number of hydrogen-bond donors (Lipinski definition) is 1. The Hall–Kier alpha value is -3.85. The van der Waals surface area contributed by atoms with Gasteiger partial charge in [0.15, 0.2) is 5.69 Å². The summed E-state index contributed by atoms with van der Waals surface area (Å²) in [7, 11) is 0. The number of benzene rings is 2. The number of ether oxygens (including phenoxy) is 1. The van der Waals surface area contributed by atoms with Crippen LogP contribution in [0.15, 0.2) is 79.3 Å². The van der Waals surface area contributed by atoms with Crippen LogP contribution in [0.1, 0.15) is 21.6 Å². The van der Waals surface area contributed by atoms with Gasteiger partial charge >= 0.3 is 6.18 Å². The number of nitrogens with zero attached hydrogens (tertiary/aromatic N) is 3. The number of carbonyl (C=O) groups is 1.